The number of carbonyl (C=O) groups excluding carboxylic acids is 1. The lowest BCUT2D eigenvalue weighted by molar-refractivity contribution is 0.0720. The van der Waals surface area contributed by atoms with Crippen molar-refractivity contribution < 1.29 is 4.79 Å². The van der Waals surface area contributed by atoms with Gasteiger partial charge in [0.15, 0.2) is 0 Å². The summed E-state index contributed by atoms with van der Waals surface area (Å²) in [5.41, 5.74) is 0.438. The third-order valence-corrected chi connectivity index (χ3v) is 3.39. The molecule has 0 saturated carbocycles. The van der Waals surface area contributed by atoms with E-state index in [0.717, 1.165) is 39.0 Å². The fourth-order valence-electron chi connectivity index (χ4n) is 2.30. The van der Waals surface area contributed by atoms with Crippen LogP contribution in [0.25, 0.3) is 0 Å². The van der Waals surface area contributed by atoms with Crippen LogP contribution in [-0.4, -0.2) is 47.0 Å². The van der Waals surface area contributed by atoms with Crippen LogP contribution in [0, 0.1) is 5.92 Å². The number of nitrogens with one attached hydrogen (secondary N) is 1. The third-order valence-electron chi connectivity index (χ3n) is 3.39. The second-order valence-electron chi connectivity index (χ2n) is 4.63. The van der Waals surface area contributed by atoms with Gasteiger partial charge in [0, 0.05) is 25.5 Å². The number of amides is 1. The molecule has 0 atom stereocenters. The summed E-state index contributed by atoms with van der Waals surface area (Å²) in [6.07, 6.45) is 6.97. The molecule has 2 heterocycles. The fraction of sp³-hybridized carbons (Fsp3) is 0.615. The lowest BCUT2D eigenvalue weighted by Gasteiger charge is -2.29. The first-order valence-corrected chi connectivity index (χ1v) is 6.57. The standard InChI is InChI=1S/C13H20N4O/c1-2-17(10-11-3-5-14-6-4-11)13(18)12-9-15-7-8-16-12/h7-9,11,14H,2-6,10H2,1H3. The zero-order valence-corrected chi connectivity index (χ0v) is 10.8. The second kappa shape index (κ2) is 6.44. The largest absolute Gasteiger partial charge is 0.337 e. The molecule has 1 aromatic heterocycles. The predicted molar refractivity (Wildman–Crippen MR) is 69.2 cm³/mol. The molecule has 0 bridgehead atoms. The molecule has 98 valence electrons. The van der Waals surface area contributed by atoms with Gasteiger partial charge >= 0.3 is 0 Å². The maximum absolute atomic E-state index is 12.3. The van der Waals surface area contributed by atoms with Crippen LogP contribution in [0.3, 0.4) is 0 Å². The molecule has 0 radical (unpaired) electrons. The van der Waals surface area contributed by atoms with Crippen molar-refractivity contribution in [3.05, 3.63) is 24.3 Å². The van der Waals surface area contributed by atoms with Crippen LogP contribution in [0.4, 0.5) is 0 Å². The van der Waals surface area contributed by atoms with Crippen molar-refractivity contribution >= 4 is 5.91 Å². The van der Waals surface area contributed by atoms with E-state index in [9.17, 15) is 4.79 Å². The highest BCUT2D eigenvalue weighted by molar-refractivity contribution is 5.91. The summed E-state index contributed by atoms with van der Waals surface area (Å²) in [7, 11) is 0. The first-order chi connectivity index (χ1) is 8.81. The summed E-state index contributed by atoms with van der Waals surface area (Å²) >= 11 is 0. The van der Waals surface area contributed by atoms with Crippen LogP contribution in [0.2, 0.25) is 0 Å². The maximum atomic E-state index is 12.3. The topological polar surface area (TPSA) is 58.1 Å². The van der Waals surface area contributed by atoms with Gasteiger partial charge < -0.3 is 10.2 Å². The Labute approximate surface area is 108 Å². The Morgan fingerprint density at radius 1 is 1.44 bits per heavy atom. The molecule has 1 amide bonds. The van der Waals surface area contributed by atoms with Crippen molar-refractivity contribution in [2.24, 2.45) is 5.92 Å². The van der Waals surface area contributed by atoms with Crippen LogP contribution < -0.4 is 5.32 Å². The Balaban J connectivity index is 1.97. The van der Waals surface area contributed by atoms with Crippen molar-refractivity contribution in [3.8, 4) is 0 Å². The number of nitrogens with zero attached hydrogens (tertiary/aromatic N) is 3. The molecule has 0 unspecified atom stereocenters. The third kappa shape index (κ3) is 3.26. The van der Waals surface area contributed by atoms with Gasteiger partial charge in [-0.3, -0.25) is 9.78 Å². The summed E-state index contributed by atoms with van der Waals surface area (Å²) in [6.45, 7) is 5.67. The Kier molecular flexibility index (Phi) is 4.64. The van der Waals surface area contributed by atoms with E-state index in [1.54, 1.807) is 12.4 Å². The molecule has 1 aliphatic heterocycles. The maximum Gasteiger partial charge on any atom is 0.274 e. The Morgan fingerprint density at radius 2 is 2.22 bits per heavy atom. The van der Waals surface area contributed by atoms with Gasteiger partial charge in [-0.2, -0.15) is 0 Å². The molecule has 0 aliphatic carbocycles. The van der Waals surface area contributed by atoms with E-state index in [0.29, 0.717) is 11.6 Å². The number of aromatic nitrogens is 2. The zero-order chi connectivity index (χ0) is 12.8. The minimum absolute atomic E-state index is 0.0101. The van der Waals surface area contributed by atoms with Crippen LogP contribution in [0.15, 0.2) is 18.6 Å². The van der Waals surface area contributed by atoms with Gasteiger partial charge in [0.2, 0.25) is 0 Å². The highest BCUT2D eigenvalue weighted by Gasteiger charge is 2.21. The highest BCUT2D eigenvalue weighted by Crippen LogP contribution is 2.14. The SMILES string of the molecule is CCN(CC1CCNCC1)C(=O)c1cnccn1. The number of rotatable bonds is 4. The van der Waals surface area contributed by atoms with Crippen molar-refractivity contribution in [2.45, 2.75) is 19.8 Å². The molecule has 1 aliphatic rings. The lowest BCUT2D eigenvalue weighted by Crippen LogP contribution is -2.39. The number of carbonyl (C=O) groups is 1. The molecule has 0 spiro atoms. The number of hydrogen-bond donors (Lipinski definition) is 1. The van der Waals surface area contributed by atoms with Crippen LogP contribution in [-0.2, 0) is 0 Å². The van der Waals surface area contributed by atoms with Crippen LogP contribution in [0.1, 0.15) is 30.3 Å². The summed E-state index contributed by atoms with van der Waals surface area (Å²) < 4.78 is 0. The minimum atomic E-state index is -0.0101. The van der Waals surface area contributed by atoms with Crippen molar-refractivity contribution in [3.63, 3.8) is 0 Å². The smallest absolute Gasteiger partial charge is 0.274 e. The molecule has 1 aromatic rings. The summed E-state index contributed by atoms with van der Waals surface area (Å²) in [6, 6.07) is 0. The second-order valence-corrected chi connectivity index (χ2v) is 4.63. The summed E-state index contributed by atoms with van der Waals surface area (Å²) in [5.74, 6) is 0.593. The number of piperidine rings is 1. The zero-order valence-electron chi connectivity index (χ0n) is 10.8. The molecular weight excluding hydrogens is 228 g/mol. The summed E-state index contributed by atoms with van der Waals surface area (Å²) in [5, 5.41) is 3.34. The first kappa shape index (κ1) is 13.0. The van der Waals surface area contributed by atoms with Gasteiger partial charge in [-0.05, 0) is 38.8 Å². The molecule has 2 rings (SSSR count). The molecule has 0 aromatic carbocycles. The first-order valence-electron chi connectivity index (χ1n) is 6.57. The van der Waals surface area contributed by atoms with Gasteiger partial charge in [-0.15, -0.1) is 0 Å². The van der Waals surface area contributed by atoms with Crippen molar-refractivity contribution in [1.82, 2.24) is 20.2 Å². The highest BCUT2D eigenvalue weighted by atomic mass is 16.2. The normalized spacial score (nSPS) is 16.5. The fourth-order valence-corrected chi connectivity index (χ4v) is 2.30. The van der Waals surface area contributed by atoms with E-state index >= 15 is 0 Å². The molecule has 5 heteroatoms. The van der Waals surface area contributed by atoms with Gasteiger partial charge in [-0.25, -0.2) is 4.98 Å². The Morgan fingerprint density at radius 3 is 2.83 bits per heavy atom. The van der Waals surface area contributed by atoms with Crippen molar-refractivity contribution in [2.75, 3.05) is 26.2 Å². The van der Waals surface area contributed by atoms with Gasteiger partial charge in [0.25, 0.3) is 5.91 Å². The van der Waals surface area contributed by atoms with E-state index in [1.165, 1.54) is 6.20 Å². The molecule has 5 nitrogen and oxygen atoms in total. The van der Waals surface area contributed by atoms with Gasteiger partial charge in [0.1, 0.15) is 5.69 Å². The predicted octanol–water partition coefficient (Wildman–Crippen LogP) is 0.938. The molecular formula is C13H20N4O. The molecule has 1 saturated heterocycles. The van der Waals surface area contributed by atoms with E-state index in [-0.39, 0.29) is 5.91 Å². The van der Waals surface area contributed by atoms with Gasteiger partial charge in [-0.1, -0.05) is 0 Å². The van der Waals surface area contributed by atoms with Gasteiger partial charge in [0.05, 0.1) is 6.20 Å². The Hall–Kier alpha value is -1.49. The quantitative estimate of drug-likeness (QED) is 0.861. The van der Waals surface area contributed by atoms with Crippen molar-refractivity contribution in [1.29, 1.82) is 0 Å². The molecule has 18 heavy (non-hydrogen) atoms. The monoisotopic (exact) mass is 248 g/mol. The molecule has 1 fully saturated rings. The lowest BCUT2D eigenvalue weighted by atomic mass is 9.97. The van der Waals surface area contributed by atoms with Crippen LogP contribution in [0.5, 0.6) is 0 Å². The van der Waals surface area contributed by atoms with E-state index in [2.05, 4.69) is 15.3 Å². The number of hydrogen-bond acceptors (Lipinski definition) is 4. The molecule has 1 N–H and O–H groups in total. The minimum Gasteiger partial charge on any atom is -0.337 e. The van der Waals surface area contributed by atoms with E-state index < -0.39 is 0 Å². The van der Waals surface area contributed by atoms with E-state index in [1.807, 2.05) is 11.8 Å². The van der Waals surface area contributed by atoms with Crippen LogP contribution >= 0.6 is 0 Å². The van der Waals surface area contributed by atoms with E-state index in [4.69, 9.17) is 0 Å². The average Bonchev–Trinajstić information content (AvgIpc) is 2.46. The average molecular weight is 248 g/mol. The summed E-state index contributed by atoms with van der Waals surface area (Å²) in [4.78, 5) is 22.2. The Bertz CT molecular complexity index is 376.